The summed E-state index contributed by atoms with van der Waals surface area (Å²) in [5, 5.41) is 2.60. The van der Waals surface area contributed by atoms with Gasteiger partial charge < -0.3 is 24.9 Å². The van der Waals surface area contributed by atoms with Crippen molar-refractivity contribution >= 4 is 15.2 Å². The molecule has 1 atom stereocenters. The molecule has 0 aromatic rings. The Morgan fingerprint density at radius 1 is 0.720 bits per heavy atom. The van der Waals surface area contributed by atoms with Crippen molar-refractivity contribution in [1.29, 1.82) is 0 Å². The van der Waals surface area contributed by atoms with E-state index >= 15 is 0 Å². The fourth-order valence-electron chi connectivity index (χ4n) is 2.75. The van der Waals surface area contributed by atoms with Crippen LogP contribution in [-0.2, 0) is 9.13 Å². The predicted molar refractivity (Wildman–Crippen MR) is 102 cm³/mol. The van der Waals surface area contributed by atoms with Crippen LogP contribution in [0.2, 0.25) is 0 Å². The lowest BCUT2D eigenvalue weighted by Gasteiger charge is -2.20. The molecule has 0 amide bonds. The minimum atomic E-state index is -4.56. The van der Waals surface area contributed by atoms with Gasteiger partial charge in [0.15, 0.2) is 0 Å². The molecule has 152 valence electrons. The van der Waals surface area contributed by atoms with E-state index < -0.39 is 27.1 Å². The van der Waals surface area contributed by atoms with Gasteiger partial charge in [0, 0.05) is 0 Å². The number of unbranched alkanes of at least 4 members (excludes halogenated alkanes) is 11. The van der Waals surface area contributed by atoms with Crippen molar-refractivity contribution in [2.24, 2.45) is 0 Å². The third-order valence-corrected chi connectivity index (χ3v) is 6.53. The molecule has 25 heavy (non-hydrogen) atoms. The Hall–Kier alpha value is 0.260. The van der Waals surface area contributed by atoms with E-state index in [1.807, 2.05) is 0 Å². The van der Waals surface area contributed by atoms with Gasteiger partial charge in [0.1, 0.15) is 5.78 Å². The van der Waals surface area contributed by atoms with Gasteiger partial charge in [-0.25, -0.2) is 0 Å². The zero-order chi connectivity index (χ0) is 19.2. The second kappa shape index (κ2) is 14.3. The Morgan fingerprint density at radius 3 is 1.48 bits per heavy atom. The van der Waals surface area contributed by atoms with E-state index in [2.05, 4.69) is 12.2 Å². The van der Waals surface area contributed by atoms with Crippen molar-refractivity contribution in [1.82, 2.24) is 5.32 Å². The maximum atomic E-state index is 11.2. The van der Waals surface area contributed by atoms with Crippen molar-refractivity contribution in [3.63, 3.8) is 0 Å². The van der Waals surface area contributed by atoms with Crippen LogP contribution in [0.15, 0.2) is 0 Å². The molecule has 0 rings (SSSR count). The van der Waals surface area contributed by atoms with Crippen LogP contribution in [0.3, 0.4) is 0 Å². The third kappa shape index (κ3) is 17.4. The third-order valence-electron chi connectivity index (χ3n) is 4.23. The van der Waals surface area contributed by atoms with E-state index in [4.69, 9.17) is 19.6 Å². The number of nitrogens with one attached hydrogen (secondary N) is 1. The molecule has 0 fully saturated rings. The molecule has 0 saturated carbocycles. The first kappa shape index (κ1) is 25.3. The van der Waals surface area contributed by atoms with Crippen LogP contribution in [0.1, 0.15) is 84.0 Å². The summed E-state index contributed by atoms with van der Waals surface area (Å²) in [4.78, 5) is 36.0. The van der Waals surface area contributed by atoms with Gasteiger partial charge in [-0.2, -0.15) is 0 Å². The van der Waals surface area contributed by atoms with E-state index in [1.165, 1.54) is 57.8 Å². The zero-order valence-corrected chi connectivity index (χ0v) is 17.3. The van der Waals surface area contributed by atoms with Crippen LogP contribution >= 0.6 is 15.2 Å². The van der Waals surface area contributed by atoms with Crippen LogP contribution < -0.4 is 5.32 Å². The maximum absolute atomic E-state index is 11.2. The van der Waals surface area contributed by atoms with Gasteiger partial charge in [0.05, 0.1) is 6.16 Å². The van der Waals surface area contributed by atoms with E-state index in [-0.39, 0.29) is 0 Å². The van der Waals surface area contributed by atoms with Crippen LogP contribution in [0.25, 0.3) is 0 Å². The van der Waals surface area contributed by atoms with Crippen molar-refractivity contribution < 1.29 is 28.7 Å². The highest BCUT2D eigenvalue weighted by molar-refractivity contribution is 7.56. The average Bonchev–Trinajstić information content (AvgIpc) is 2.48. The van der Waals surface area contributed by atoms with Gasteiger partial charge in [-0.3, -0.25) is 9.13 Å². The van der Waals surface area contributed by atoms with Gasteiger partial charge >= 0.3 is 15.2 Å². The van der Waals surface area contributed by atoms with Crippen LogP contribution in [0, 0.1) is 0 Å². The largest absolute Gasteiger partial charge is 0.342 e. The van der Waals surface area contributed by atoms with Crippen LogP contribution in [0.5, 0.6) is 0 Å². The molecule has 1 unspecified atom stereocenters. The maximum Gasteiger partial charge on any atom is 0.342 e. The number of rotatable bonds is 17. The first-order chi connectivity index (χ1) is 11.7. The van der Waals surface area contributed by atoms with Crippen molar-refractivity contribution in [3.8, 4) is 0 Å². The fraction of sp³-hybridized carbons (Fsp3) is 1.00. The summed E-state index contributed by atoms with van der Waals surface area (Å²) >= 11 is 0. The van der Waals surface area contributed by atoms with Gasteiger partial charge in [0.2, 0.25) is 0 Å². The Morgan fingerprint density at radius 2 is 1.12 bits per heavy atom. The fourth-order valence-corrected chi connectivity index (χ4v) is 5.19. The summed E-state index contributed by atoms with van der Waals surface area (Å²) in [7, 11) is -9.02. The lowest BCUT2D eigenvalue weighted by molar-refractivity contribution is 0.335. The summed E-state index contributed by atoms with van der Waals surface area (Å²) in [5.74, 6) is -1.47. The molecule has 7 nitrogen and oxygen atoms in total. The van der Waals surface area contributed by atoms with Crippen molar-refractivity contribution in [2.45, 2.75) is 89.8 Å². The lowest BCUT2D eigenvalue weighted by Crippen LogP contribution is -2.33. The molecule has 9 heteroatoms. The first-order valence-corrected chi connectivity index (χ1v) is 13.0. The topological polar surface area (TPSA) is 127 Å². The minimum Gasteiger partial charge on any atom is -0.324 e. The molecule has 0 radical (unpaired) electrons. The Balaban J connectivity index is 3.58. The highest BCUT2D eigenvalue weighted by Crippen LogP contribution is 2.47. The average molecular weight is 401 g/mol. The molecule has 5 N–H and O–H groups in total. The normalized spacial score (nSPS) is 14.0. The van der Waals surface area contributed by atoms with Gasteiger partial charge in [-0.15, -0.1) is 0 Å². The quantitative estimate of drug-likeness (QED) is 0.184. The van der Waals surface area contributed by atoms with Crippen molar-refractivity contribution in [3.05, 3.63) is 0 Å². The molecule has 0 saturated heterocycles. The first-order valence-electron chi connectivity index (χ1n) is 9.50. The highest BCUT2D eigenvalue weighted by atomic mass is 31.2. The summed E-state index contributed by atoms with van der Waals surface area (Å²) in [5.41, 5.74) is 0. The SMILES string of the molecule is CCCCCCCCCCCCCCNC(CP(=O)(O)O)P(=O)(O)O. The lowest BCUT2D eigenvalue weighted by atomic mass is 10.1. The highest BCUT2D eigenvalue weighted by Gasteiger charge is 2.34. The molecule has 0 heterocycles. The monoisotopic (exact) mass is 401 g/mol. The number of hydrogen-bond donors (Lipinski definition) is 5. The second-order valence-corrected chi connectivity index (χ2v) is 10.3. The molecule has 0 aliphatic rings. The minimum absolute atomic E-state index is 0.354. The molecule has 0 aromatic carbocycles. The standard InChI is InChI=1S/C16H37NO6P2/c1-2-3-4-5-6-7-8-9-10-11-12-13-14-17-16(25(21,22)23)15-24(18,19)20/h16-17H,2-15H2,1H3,(H2,18,19,20)(H2,21,22,23). The summed E-state index contributed by atoms with van der Waals surface area (Å²) in [6.45, 7) is 2.58. The van der Waals surface area contributed by atoms with Gasteiger partial charge in [-0.05, 0) is 13.0 Å². The Labute approximate surface area is 152 Å². The van der Waals surface area contributed by atoms with Crippen LogP contribution in [0.4, 0.5) is 0 Å². The Bertz CT molecular complexity index is 409. The predicted octanol–water partition coefficient (Wildman–Crippen LogP) is 3.96. The molecular formula is C16H37NO6P2. The molecule has 0 spiro atoms. The zero-order valence-electron chi connectivity index (χ0n) is 15.5. The summed E-state index contributed by atoms with van der Waals surface area (Å²) < 4.78 is 22.2. The molecule has 0 aromatic heterocycles. The van der Waals surface area contributed by atoms with Gasteiger partial charge in [0.25, 0.3) is 0 Å². The second-order valence-electron chi connectivity index (χ2n) is 6.80. The van der Waals surface area contributed by atoms with E-state index in [9.17, 15) is 9.13 Å². The van der Waals surface area contributed by atoms with E-state index in [0.29, 0.717) is 6.54 Å². The molecule has 0 aliphatic heterocycles. The molecule has 0 aliphatic carbocycles. The van der Waals surface area contributed by atoms with Crippen LogP contribution in [-0.4, -0.2) is 38.1 Å². The summed E-state index contributed by atoms with van der Waals surface area (Å²) in [6.07, 6.45) is 13.5. The van der Waals surface area contributed by atoms with Crippen molar-refractivity contribution in [2.75, 3.05) is 12.7 Å². The molecule has 0 bridgehead atoms. The number of hydrogen-bond acceptors (Lipinski definition) is 3. The van der Waals surface area contributed by atoms with E-state index in [0.717, 1.165) is 19.3 Å². The Kier molecular flexibility index (Phi) is 14.5. The smallest absolute Gasteiger partial charge is 0.324 e. The van der Waals surface area contributed by atoms with Gasteiger partial charge in [-0.1, -0.05) is 77.6 Å². The molecular weight excluding hydrogens is 364 g/mol. The van der Waals surface area contributed by atoms with E-state index in [1.54, 1.807) is 0 Å². The summed E-state index contributed by atoms with van der Waals surface area (Å²) in [6, 6.07) is 0.